The normalized spacial score (nSPS) is 22.0. The summed E-state index contributed by atoms with van der Waals surface area (Å²) in [6.45, 7) is 7.60. The van der Waals surface area contributed by atoms with E-state index in [4.69, 9.17) is 4.74 Å². The van der Waals surface area contributed by atoms with Gasteiger partial charge in [-0.1, -0.05) is 30.3 Å². The third kappa shape index (κ3) is 5.52. The van der Waals surface area contributed by atoms with Gasteiger partial charge in [0.25, 0.3) is 0 Å². The molecule has 0 spiro atoms. The highest BCUT2D eigenvalue weighted by molar-refractivity contribution is 5.68. The summed E-state index contributed by atoms with van der Waals surface area (Å²) in [5.41, 5.74) is 0.729. The van der Waals surface area contributed by atoms with Crippen LogP contribution in [0, 0.1) is 5.92 Å². The molecule has 1 heterocycles. The first-order valence-electron chi connectivity index (χ1n) is 8.25. The number of amides is 1. The first kappa shape index (κ1) is 17.8. The summed E-state index contributed by atoms with van der Waals surface area (Å²) in [6, 6.07) is 10.4. The average Bonchev–Trinajstić information content (AvgIpc) is 2.52. The Bertz CT molecular complexity index is 499. The van der Waals surface area contributed by atoms with Crippen molar-refractivity contribution in [3.63, 3.8) is 0 Å². The van der Waals surface area contributed by atoms with Crippen LogP contribution in [0.2, 0.25) is 0 Å². The van der Waals surface area contributed by atoms with Crippen molar-refractivity contribution in [3.05, 3.63) is 35.9 Å². The Labute approximate surface area is 138 Å². The van der Waals surface area contributed by atoms with E-state index in [1.54, 1.807) is 4.90 Å². The van der Waals surface area contributed by atoms with Gasteiger partial charge in [-0.2, -0.15) is 0 Å². The fourth-order valence-corrected chi connectivity index (χ4v) is 2.82. The number of benzene rings is 1. The van der Waals surface area contributed by atoms with Gasteiger partial charge in [-0.3, -0.25) is 0 Å². The van der Waals surface area contributed by atoms with E-state index in [1.807, 2.05) is 39.0 Å². The summed E-state index contributed by atoms with van der Waals surface area (Å²) in [5, 5.41) is 13.2. The molecule has 0 bridgehead atoms. The van der Waals surface area contributed by atoms with E-state index in [1.165, 1.54) is 5.56 Å². The molecular formula is C18H28N2O3. The maximum absolute atomic E-state index is 12.2. The van der Waals surface area contributed by atoms with Gasteiger partial charge in [0.2, 0.25) is 0 Å². The van der Waals surface area contributed by atoms with Crippen molar-refractivity contribution in [2.45, 2.75) is 45.4 Å². The number of aliphatic hydroxyl groups excluding tert-OH is 1. The predicted molar refractivity (Wildman–Crippen MR) is 90.1 cm³/mol. The van der Waals surface area contributed by atoms with Crippen molar-refractivity contribution >= 4 is 6.09 Å². The van der Waals surface area contributed by atoms with Gasteiger partial charge in [-0.15, -0.1) is 0 Å². The first-order chi connectivity index (χ1) is 10.9. The fourth-order valence-electron chi connectivity index (χ4n) is 2.82. The van der Waals surface area contributed by atoms with Crippen molar-refractivity contribution in [2.75, 3.05) is 19.7 Å². The number of piperidine rings is 1. The number of likely N-dealkylation sites (tertiary alicyclic amines) is 1. The van der Waals surface area contributed by atoms with Gasteiger partial charge in [0.1, 0.15) is 5.60 Å². The molecule has 1 saturated heterocycles. The molecule has 0 saturated carbocycles. The van der Waals surface area contributed by atoms with Gasteiger partial charge in [-0.25, -0.2) is 4.79 Å². The van der Waals surface area contributed by atoms with Crippen LogP contribution in [-0.4, -0.2) is 47.4 Å². The molecule has 1 aliphatic rings. The Balaban J connectivity index is 1.87. The first-order valence-corrected chi connectivity index (χ1v) is 8.25. The van der Waals surface area contributed by atoms with Gasteiger partial charge in [0, 0.05) is 38.2 Å². The molecule has 1 amide bonds. The average molecular weight is 320 g/mol. The van der Waals surface area contributed by atoms with Gasteiger partial charge < -0.3 is 20.1 Å². The molecule has 1 aromatic rings. The van der Waals surface area contributed by atoms with E-state index in [9.17, 15) is 9.90 Å². The van der Waals surface area contributed by atoms with E-state index < -0.39 is 5.60 Å². The summed E-state index contributed by atoms with van der Waals surface area (Å²) in [5.74, 6) is 0.0278. The van der Waals surface area contributed by atoms with Crippen LogP contribution >= 0.6 is 0 Å². The topological polar surface area (TPSA) is 61.8 Å². The Kier molecular flexibility index (Phi) is 6.02. The van der Waals surface area contributed by atoms with Crippen molar-refractivity contribution in [1.82, 2.24) is 10.2 Å². The summed E-state index contributed by atoms with van der Waals surface area (Å²) in [7, 11) is 0. The maximum atomic E-state index is 12.2. The summed E-state index contributed by atoms with van der Waals surface area (Å²) >= 11 is 0. The van der Waals surface area contributed by atoms with E-state index in [0.717, 1.165) is 13.0 Å². The zero-order chi connectivity index (χ0) is 16.9. The third-order valence-electron chi connectivity index (χ3n) is 4.03. The van der Waals surface area contributed by atoms with Crippen LogP contribution in [0.25, 0.3) is 0 Å². The molecule has 2 N–H and O–H groups in total. The third-order valence-corrected chi connectivity index (χ3v) is 4.03. The highest BCUT2D eigenvalue weighted by Crippen LogP contribution is 2.20. The zero-order valence-corrected chi connectivity index (χ0v) is 14.3. The standard InChI is InChI=1S/C18H28N2O3/c1-18(2,3)23-17(22)20-10-9-16(15(12-20)13-21)19-11-14-7-5-4-6-8-14/h4-8,15-16,19,21H,9-13H2,1-3H3/t15-,16-/m0/s1. The van der Waals surface area contributed by atoms with Crippen LogP contribution in [0.3, 0.4) is 0 Å². The van der Waals surface area contributed by atoms with Crippen LogP contribution in [-0.2, 0) is 11.3 Å². The van der Waals surface area contributed by atoms with Crippen molar-refractivity contribution < 1.29 is 14.6 Å². The van der Waals surface area contributed by atoms with E-state index in [0.29, 0.717) is 13.1 Å². The summed E-state index contributed by atoms with van der Waals surface area (Å²) < 4.78 is 5.42. The number of hydrogen-bond acceptors (Lipinski definition) is 4. The number of nitrogens with zero attached hydrogens (tertiary/aromatic N) is 1. The monoisotopic (exact) mass is 320 g/mol. The summed E-state index contributed by atoms with van der Waals surface area (Å²) in [4.78, 5) is 13.9. The minimum Gasteiger partial charge on any atom is -0.444 e. The van der Waals surface area contributed by atoms with E-state index in [2.05, 4.69) is 17.4 Å². The Morgan fingerprint density at radius 3 is 2.65 bits per heavy atom. The van der Waals surface area contributed by atoms with Crippen LogP contribution in [0.5, 0.6) is 0 Å². The van der Waals surface area contributed by atoms with Gasteiger partial charge >= 0.3 is 6.09 Å². The second kappa shape index (κ2) is 7.79. The Morgan fingerprint density at radius 2 is 2.04 bits per heavy atom. The SMILES string of the molecule is CC(C)(C)OC(=O)N1CC[C@H](NCc2ccccc2)[C@H](CO)C1. The number of rotatable bonds is 4. The molecule has 2 atom stereocenters. The molecule has 0 radical (unpaired) electrons. The molecule has 1 aromatic carbocycles. The van der Waals surface area contributed by atoms with Crippen molar-refractivity contribution in [3.8, 4) is 0 Å². The van der Waals surface area contributed by atoms with E-state index >= 15 is 0 Å². The Hall–Kier alpha value is -1.59. The maximum Gasteiger partial charge on any atom is 0.410 e. The number of carbonyl (C=O) groups is 1. The van der Waals surface area contributed by atoms with Crippen LogP contribution in [0.1, 0.15) is 32.8 Å². The smallest absolute Gasteiger partial charge is 0.410 e. The highest BCUT2D eigenvalue weighted by Gasteiger charge is 2.32. The van der Waals surface area contributed by atoms with Crippen LogP contribution in [0.4, 0.5) is 4.79 Å². The largest absolute Gasteiger partial charge is 0.444 e. The minimum absolute atomic E-state index is 0.0278. The van der Waals surface area contributed by atoms with Gasteiger partial charge in [0.05, 0.1) is 0 Å². The number of aliphatic hydroxyl groups is 1. The van der Waals surface area contributed by atoms with Crippen molar-refractivity contribution in [2.24, 2.45) is 5.92 Å². The molecule has 1 fully saturated rings. The van der Waals surface area contributed by atoms with Crippen LogP contribution in [0.15, 0.2) is 30.3 Å². The second-order valence-electron chi connectivity index (χ2n) is 7.13. The molecule has 0 aromatic heterocycles. The fraction of sp³-hybridized carbons (Fsp3) is 0.611. The van der Waals surface area contributed by atoms with Gasteiger partial charge in [0.15, 0.2) is 0 Å². The number of ether oxygens (including phenoxy) is 1. The van der Waals surface area contributed by atoms with Crippen molar-refractivity contribution in [1.29, 1.82) is 0 Å². The highest BCUT2D eigenvalue weighted by atomic mass is 16.6. The minimum atomic E-state index is -0.492. The molecule has 5 heteroatoms. The van der Waals surface area contributed by atoms with E-state index in [-0.39, 0.29) is 24.7 Å². The molecular weight excluding hydrogens is 292 g/mol. The molecule has 1 aliphatic heterocycles. The predicted octanol–water partition coefficient (Wildman–Crippen LogP) is 2.39. The lowest BCUT2D eigenvalue weighted by molar-refractivity contribution is 0.00826. The molecule has 5 nitrogen and oxygen atoms in total. The molecule has 0 aliphatic carbocycles. The quantitative estimate of drug-likeness (QED) is 0.894. The second-order valence-corrected chi connectivity index (χ2v) is 7.13. The molecule has 128 valence electrons. The lowest BCUT2D eigenvalue weighted by Crippen LogP contribution is -2.52. The molecule has 23 heavy (non-hydrogen) atoms. The lowest BCUT2D eigenvalue weighted by atomic mass is 9.92. The summed E-state index contributed by atoms with van der Waals surface area (Å²) in [6.07, 6.45) is 0.523. The molecule has 0 unspecified atom stereocenters. The number of carbonyl (C=O) groups excluding carboxylic acids is 1. The number of nitrogens with one attached hydrogen (secondary N) is 1. The van der Waals surface area contributed by atoms with Gasteiger partial charge in [-0.05, 0) is 32.8 Å². The lowest BCUT2D eigenvalue weighted by Gasteiger charge is -2.38. The van der Waals surface area contributed by atoms with Crippen LogP contribution < -0.4 is 5.32 Å². The zero-order valence-electron chi connectivity index (χ0n) is 14.3. The Morgan fingerprint density at radius 1 is 1.35 bits per heavy atom. The number of hydrogen-bond donors (Lipinski definition) is 2. The molecule has 2 rings (SSSR count).